The second-order valence-corrected chi connectivity index (χ2v) is 3.03. The summed E-state index contributed by atoms with van der Waals surface area (Å²) in [6.07, 6.45) is 0. The predicted octanol–water partition coefficient (Wildman–Crippen LogP) is 1.43. The first-order valence-corrected chi connectivity index (χ1v) is 4.87. The third-order valence-corrected chi connectivity index (χ3v) is 1.83. The number of nitrogen functional groups attached to an aromatic ring is 1. The third-order valence-electron chi connectivity index (χ3n) is 1.83. The number of benzene rings is 1. The topological polar surface area (TPSA) is 70.8 Å². The molecule has 0 amide bonds. The van der Waals surface area contributed by atoms with Crippen LogP contribution in [0.15, 0.2) is 18.2 Å². The molecule has 0 radical (unpaired) electrons. The summed E-state index contributed by atoms with van der Waals surface area (Å²) in [4.78, 5) is 11.6. The minimum Gasteiger partial charge on any atom is -0.467 e. The molecule has 1 aromatic rings. The molecule has 0 spiro atoms. The average molecular weight is 225 g/mol. The van der Waals surface area contributed by atoms with E-state index >= 15 is 0 Å². The van der Waals surface area contributed by atoms with E-state index in [1.54, 1.807) is 19.1 Å². The molecule has 5 heteroatoms. The molecule has 0 aliphatic carbocycles. The van der Waals surface area contributed by atoms with Gasteiger partial charge in [0.15, 0.2) is 6.79 Å². The Labute approximate surface area is 94.1 Å². The number of esters is 1. The molecule has 0 saturated carbocycles. The molecule has 0 unspecified atom stereocenters. The molecule has 1 rings (SSSR count). The van der Waals surface area contributed by atoms with Crippen LogP contribution in [0.25, 0.3) is 0 Å². The Morgan fingerprint density at radius 1 is 1.44 bits per heavy atom. The fourth-order valence-corrected chi connectivity index (χ4v) is 1.16. The van der Waals surface area contributed by atoms with Gasteiger partial charge in [-0.2, -0.15) is 0 Å². The van der Waals surface area contributed by atoms with Crippen molar-refractivity contribution < 1.29 is 19.0 Å². The predicted molar refractivity (Wildman–Crippen MR) is 59.3 cm³/mol. The lowest BCUT2D eigenvalue weighted by Gasteiger charge is -2.10. The SMILES string of the molecule is CCOC(=O)c1cc(N)ccc1OCOC. The molecule has 1 aromatic carbocycles. The second-order valence-electron chi connectivity index (χ2n) is 3.03. The number of nitrogens with two attached hydrogens (primary N) is 1. The van der Waals surface area contributed by atoms with Crippen molar-refractivity contribution in [2.24, 2.45) is 0 Å². The zero-order chi connectivity index (χ0) is 12.0. The minimum absolute atomic E-state index is 0.0658. The zero-order valence-corrected chi connectivity index (χ0v) is 9.36. The van der Waals surface area contributed by atoms with Gasteiger partial charge in [0.1, 0.15) is 11.3 Å². The van der Waals surface area contributed by atoms with Crippen molar-refractivity contribution in [2.75, 3.05) is 26.2 Å². The highest BCUT2D eigenvalue weighted by molar-refractivity contribution is 5.93. The van der Waals surface area contributed by atoms with Gasteiger partial charge >= 0.3 is 5.97 Å². The molecular weight excluding hydrogens is 210 g/mol. The zero-order valence-electron chi connectivity index (χ0n) is 9.36. The number of ether oxygens (including phenoxy) is 3. The van der Waals surface area contributed by atoms with Gasteiger partial charge in [-0.05, 0) is 25.1 Å². The van der Waals surface area contributed by atoms with Crippen LogP contribution in [0, 0.1) is 0 Å². The lowest BCUT2D eigenvalue weighted by molar-refractivity contribution is 0.0438. The first kappa shape index (κ1) is 12.3. The smallest absolute Gasteiger partial charge is 0.341 e. The molecule has 16 heavy (non-hydrogen) atoms. The molecule has 0 bridgehead atoms. The third kappa shape index (κ3) is 3.13. The fraction of sp³-hybridized carbons (Fsp3) is 0.364. The van der Waals surface area contributed by atoms with Gasteiger partial charge in [-0.15, -0.1) is 0 Å². The first-order chi connectivity index (χ1) is 7.69. The average Bonchev–Trinajstić information content (AvgIpc) is 2.27. The lowest BCUT2D eigenvalue weighted by atomic mass is 10.2. The highest BCUT2D eigenvalue weighted by Gasteiger charge is 2.14. The fourth-order valence-electron chi connectivity index (χ4n) is 1.16. The molecular formula is C11H15NO4. The summed E-state index contributed by atoms with van der Waals surface area (Å²) in [5.41, 5.74) is 6.38. The number of hydrogen-bond donors (Lipinski definition) is 1. The van der Waals surface area contributed by atoms with Crippen molar-refractivity contribution in [3.05, 3.63) is 23.8 Å². The molecule has 5 nitrogen and oxygen atoms in total. The summed E-state index contributed by atoms with van der Waals surface area (Å²) in [5.74, 6) is -0.0598. The summed E-state index contributed by atoms with van der Waals surface area (Å²) in [5, 5.41) is 0. The van der Waals surface area contributed by atoms with E-state index in [-0.39, 0.29) is 6.79 Å². The van der Waals surface area contributed by atoms with E-state index in [0.29, 0.717) is 23.6 Å². The van der Waals surface area contributed by atoms with Crippen molar-refractivity contribution in [2.45, 2.75) is 6.92 Å². The van der Waals surface area contributed by atoms with Gasteiger partial charge in [-0.25, -0.2) is 4.79 Å². The van der Waals surface area contributed by atoms with Crippen molar-refractivity contribution in [3.63, 3.8) is 0 Å². The van der Waals surface area contributed by atoms with Crippen LogP contribution in [-0.4, -0.2) is 26.5 Å². The van der Waals surface area contributed by atoms with Crippen LogP contribution < -0.4 is 10.5 Å². The summed E-state index contributed by atoms with van der Waals surface area (Å²) in [6, 6.07) is 4.78. The number of methoxy groups -OCH3 is 1. The van der Waals surface area contributed by atoms with Crippen LogP contribution in [0.5, 0.6) is 5.75 Å². The number of carbonyl (C=O) groups excluding carboxylic acids is 1. The van der Waals surface area contributed by atoms with E-state index in [0.717, 1.165) is 0 Å². The summed E-state index contributed by atoms with van der Waals surface area (Å²) in [6.45, 7) is 2.10. The van der Waals surface area contributed by atoms with Crippen LogP contribution in [-0.2, 0) is 9.47 Å². The van der Waals surface area contributed by atoms with E-state index in [2.05, 4.69) is 0 Å². The molecule has 0 atom stereocenters. The Hall–Kier alpha value is -1.75. The summed E-state index contributed by atoms with van der Waals surface area (Å²) < 4.78 is 14.9. The van der Waals surface area contributed by atoms with Gasteiger partial charge in [-0.1, -0.05) is 0 Å². The van der Waals surface area contributed by atoms with Crippen LogP contribution >= 0.6 is 0 Å². The van der Waals surface area contributed by atoms with Crippen molar-refractivity contribution in [3.8, 4) is 5.75 Å². The number of hydrogen-bond acceptors (Lipinski definition) is 5. The maximum Gasteiger partial charge on any atom is 0.341 e. The van der Waals surface area contributed by atoms with E-state index in [1.165, 1.54) is 13.2 Å². The Morgan fingerprint density at radius 3 is 2.81 bits per heavy atom. The van der Waals surface area contributed by atoms with Crippen molar-refractivity contribution >= 4 is 11.7 Å². The lowest BCUT2D eigenvalue weighted by Crippen LogP contribution is -2.09. The molecule has 2 N–H and O–H groups in total. The van der Waals surface area contributed by atoms with Gasteiger partial charge in [-0.3, -0.25) is 0 Å². The van der Waals surface area contributed by atoms with Crippen molar-refractivity contribution in [1.82, 2.24) is 0 Å². The normalized spacial score (nSPS) is 9.88. The van der Waals surface area contributed by atoms with E-state index in [4.69, 9.17) is 19.9 Å². The standard InChI is InChI=1S/C11H15NO4/c1-3-15-11(13)9-6-8(12)4-5-10(9)16-7-14-2/h4-6H,3,7,12H2,1-2H3. The molecule has 0 aromatic heterocycles. The minimum atomic E-state index is -0.457. The highest BCUT2D eigenvalue weighted by atomic mass is 16.7. The molecule has 0 aliphatic heterocycles. The van der Waals surface area contributed by atoms with E-state index < -0.39 is 5.97 Å². The van der Waals surface area contributed by atoms with Gasteiger partial charge in [0, 0.05) is 12.8 Å². The Balaban J connectivity index is 2.93. The number of rotatable bonds is 5. The first-order valence-electron chi connectivity index (χ1n) is 4.87. The van der Waals surface area contributed by atoms with Crippen LogP contribution in [0.3, 0.4) is 0 Å². The maximum atomic E-state index is 11.6. The largest absolute Gasteiger partial charge is 0.467 e. The number of carbonyl (C=O) groups is 1. The van der Waals surface area contributed by atoms with E-state index in [9.17, 15) is 4.79 Å². The Bertz CT molecular complexity index is 365. The molecule has 88 valence electrons. The van der Waals surface area contributed by atoms with Gasteiger partial charge in [0.25, 0.3) is 0 Å². The Morgan fingerprint density at radius 2 is 2.19 bits per heavy atom. The summed E-state index contributed by atoms with van der Waals surface area (Å²) >= 11 is 0. The molecule has 0 fully saturated rings. The highest BCUT2D eigenvalue weighted by Crippen LogP contribution is 2.22. The van der Waals surface area contributed by atoms with Gasteiger partial charge in [0.2, 0.25) is 0 Å². The van der Waals surface area contributed by atoms with E-state index in [1.807, 2.05) is 0 Å². The van der Waals surface area contributed by atoms with Gasteiger partial charge < -0.3 is 19.9 Å². The second kappa shape index (κ2) is 5.97. The van der Waals surface area contributed by atoms with Crippen LogP contribution in [0.1, 0.15) is 17.3 Å². The monoisotopic (exact) mass is 225 g/mol. The van der Waals surface area contributed by atoms with Crippen LogP contribution in [0.4, 0.5) is 5.69 Å². The quantitative estimate of drug-likeness (QED) is 0.466. The van der Waals surface area contributed by atoms with Crippen molar-refractivity contribution in [1.29, 1.82) is 0 Å². The van der Waals surface area contributed by atoms with Gasteiger partial charge in [0.05, 0.1) is 6.61 Å². The Kier molecular flexibility index (Phi) is 4.60. The molecule has 0 saturated heterocycles. The van der Waals surface area contributed by atoms with Crippen LogP contribution in [0.2, 0.25) is 0 Å². The molecule has 0 aliphatic rings. The number of anilines is 1. The molecule has 0 heterocycles. The summed E-state index contributed by atoms with van der Waals surface area (Å²) in [7, 11) is 1.50. The maximum absolute atomic E-state index is 11.6.